The largest absolute Gasteiger partial charge is 0.481 e. The number of halogens is 6. The summed E-state index contributed by atoms with van der Waals surface area (Å²) >= 11 is 0. The summed E-state index contributed by atoms with van der Waals surface area (Å²) in [7, 11) is 1.53. The molecular formula is C32H38F6N6O2. The molecule has 0 spiro atoms. The van der Waals surface area contributed by atoms with E-state index in [0.717, 1.165) is 74.9 Å². The SMILES string of the molecule is CCN(C[C@H]1CC[C@H](CC(=O)O)CC1)c1cc2c(cc1CN(Cc1cc(C(F)(F)F)cc(C(F)(F)F)c1)c1nnn(C)n1)CCC2. The highest BCUT2D eigenvalue weighted by molar-refractivity contribution is 5.67. The number of nitrogens with zero attached hydrogens (tertiary/aromatic N) is 6. The summed E-state index contributed by atoms with van der Waals surface area (Å²) in [5, 5.41) is 21.4. The second-order valence-electron chi connectivity index (χ2n) is 12.5. The molecule has 0 aliphatic heterocycles. The zero-order chi connectivity index (χ0) is 33.2. The second-order valence-corrected chi connectivity index (χ2v) is 12.5. The van der Waals surface area contributed by atoms with Gasteiger partial charge in [-0.3, -0.25) is 4.79 Å². The maximum Gasteiger partial charge on any atom is 0.416 e. The van der Waals surface area contributed by atoms with Crippen molar-refractivity contribution in [2.75, 3.05) is 22.9 Å². The first-order valence-electron chi connectivity index (χ1n) is 15.6. The molecule has 8 nitrogen and oxygen atoms in total. The Labute approximate surface area is 263 Å². The minimum Gasteiger partial charge on any atom is -0.481 e. The van der Waals surface area contributed by atoms with E-state index in [4.69, 9.17) is 0 Å². The first-order valence-corrected chi connectivity index (χ1v) is 15.6. The van der Waals surface area contributed by atoms with Crippen LogP contribution in [0.1, 0.15) is 78.8 Å². The fraction of sp³-hybridized carbons (Fsp3) is 0.562. The van der Waals surface area contributed by atoms with E-state index in [-0.39, 0.29) is 43.0 Å². The molecule has 1 saturated carbocycles. The van der Waals surface area contributed by atoms with E-state index in [9.17, 15) is 36.2 Å². The molecule has 2 aliphatic carbocycles. The summed E-state index contributed by atoms with van der Waals surface area (Å²) < 4.78 is 82.0. The van der Waals surface area contributed by atoms with E-state index < -0.39 is 29.4 Å². The van der Waals surface area contributed by atoms with Crippen LogP contribution in [0.3, 0.4) is 0 Å². The van der Waals surface area contributed by atoms with Crippen LogP contribution in [0.5, 0.6) is 0 Å². The van der Waals surface area contributed by atoms with Gasteiger partial charge in [-0.15, -0.1) is 5.10 Å². The van der Waals surface area contributed by atoms with Crippen molar-refractivity contribution in [3.63, 3.8) is 0 Å². The van der Waals surface area contributed by atoms with Crippen LogP contribution in [0, 0.1) is 11.8 Å². The zero-order valence-electron chi connectivity index (χ0n) is 25.8. The standard InChI is InChI=1S/C32H38F6N6O2/c1-3-43(17-21-9-7-20(8-10-21)13-29(45)46)28-15-24-6-4-5-23(24)14-25(28)19-44(30-39-41-42(2)40-30)18-22-11-26(31(33,34)35)16-27(12-22)32(36,37)38/h11-12,14-16,20-21H,3-10,13,17-19H2,1-2H3,(H,45,46)/t20-,21-. The molecule has 1 aromatic heterocycles. The minimum atomic E-state index is -4.97. The number of anilines is 2. The van der Waals surface area contributed by atoms with E-state index in [2.05, 4.69) is 39.4 Å². The molecule has 3 aromatic rings. The fourth-order valence-corrected chi connectivity index (χ4v) is 6.79. The zero-order valence-corrected chi connectivity index (χ0v) is 25.8. The van der Waals surface area contributed by atoms with Crippen LogP contribution in [-0.4, -0.2) is 44.4 Å². The van der Waals surface area contributed by atoms with Gasteiger partial charge in [0, 0.05) is 38.3 Å². The van der Waals surface area contributed by atoms with Gasteiger partial charge in [0.1, 0.15) is 0 Å². The van der Waals surface area contributed by atoms with Gasteiger partial charge in [-0.2, -0.15) is 31.1 Å². The molecule has 2 aliphatic rings. The lowest BCUT2D eigenvalue weighted by Crippen LogP contribution is -2.33. The molecule has 46 heavy (non-hydrogen) atoms. The van der Waals surface area contributed by atoms with E-state index in [1.807, 2.05) is 0 Å². The number of rotatable bonds is 11. The van der Waals surface area contributed by atoms with Gasteiger partial charge in [-0.05, 0) is 115 Å². The molecular weight excluding hydrogens is 614 g/mol. The predicted molar refractivity (Wildman–Crippen MR) is 159 cm³/mol. The van der Waals surface area contributed by atoms with Crippen LogP contribution >= 0.6 is 0 Å². The van der Waals surface area contributed by atoms with Crippen LogP contribution in [-0.2, 0) is 50.1 Å². The monoisotopic (exact) mass is 652 g/mol. The van der Waals surface area contributed by atoms with Crippen molar-refractivity contribution >= 4 is 17.6 Å². The van der Waals surface area contributed by atoms with E-state index in [1.165, 1.54) is 23.0 Å². The fourth-order valence-electron chi connectivity index (χ4n) is 6.79. The van der Waals surface area contributed by atoms with Crippen LogP contribution in [0.4, 0.5) is 38.0 Å². The lowest BCUT2D eigenvalue weighted by Gasteiger charge is -2.35. The maximum atomic E-state index is 13.7. The summed E-state index contributed by atoms with van der Waals surface area (Å²) in [5.41, 5.74) is 1.31. The Bertz CT molecular complexity index is 1500. The highest BCUT2D eigenvalue weighted by atomic mass is 19.4. The van der Waals surface area contributed by atoms with Crippen LogP contribution < -0.4 is 9.80 Å². The van der Waals surface area contributed by atoms with Crippen molar-refractivity contribution in [2.24, 2.45) is 18.9 Å². The molecule has 0 unspecified atom stereocenters. The lowest BCUT2D eigenvalue weighted by molar-refractivity contribution is -0.143. The molecule has 1 N–H and O–H groups in total. The summed E-state index contributed by atoms with van der Waals surface area (Å²) in [6.45, 7) is 3.32. The van der Waals surface area contributed by atoms with Gasteiger partial charge in [0.15, 0.2) is 0 Å². The maximum absolute atomic E-state index is 13.7. The van der Waals surface area contributed by atoms with Crippen molar-refractivity contribution in [3.8, 4) is 0 Å². The number of aryl methyl sites for hydroxylation is 3. The number of hydrogen-bond acceptors (Lipinski definition) is 6. The topological polar surface area (TPSA) is 87.4 Å². The average molecular weight is 653 g/mol. The number of benzene rings is 2. The van der Waals surface area contributed by atoms with E-state index in [0.29, 0.717) is 12.5 Å². The third kappa shape index (κ3) is 8.11. The molecule has 1 fully saturated rings. The number of aromatic nitrogens is 4. The molecule has 14 heteroatoms. The number of aliphatic carboxylic acids is 1. The van der Waals surface area contributed by atoms with Gasteiger partial charge in [0.2, 0.25) is 0 Å². The third-order valence-electron chi connectivity index (χ3n) is 9.09. The predicted octanol–water partition coefficient (Wildman–Crippen LogP) is 7.05. The summed E-state index contributed by atoms with van der Waals surface area (Å²) in [6.07, 6.45) is -3.39. The molecule has 5 rings (SSSR count). The van der Waals surface area contributed by atoms with Gasteiger partial charge in [-0.25, -0.2) is 0 Å². The Morgan fingerprint density at radius 1 is 0.891 bits per heavy atom. The van der Waals surface area contributed by atoms with E-state index in [1.54, 1.807) is 4.90 Å². The summed E-state index contributed by atoms with van der Waals surface area (Å²) in [4.78, 5) is 16.2. The molecule has 1 heterocycles. The van der Waals surface area contributed by atoms with Crippen molar-refractivity contribution in [1.29, 1.82) is 0 Å². The molecule has 0 bridgehead atoms. The number of fused-ring (bicyclic) bond motifs is 1. The molecule has 250 valence electrons. The Morgan fingerprint density at radius 2 is 1.50 bits per heavy atom. The van der Waals surface area contributed by atoms with Crippen LogP contribution in [0.2, 0.25) is 0 Å². The van der Waals surface area contributed by atoms with E-state index >= 15 is 0 Å². The van der Waals surface area contributed by atoms with Crippen LogP contribution in [0.15, 0.2) is 30.3 Å². The molecule has 0 radical (unpaired) electrons. The third-order valence-corrected chi connectivity index (χ3v) is 9.09. The van der Waals surface area contributed by atoms with Crippen molar-refractivity contribution in [3.05, 3.63) is 63.7 Å². The van der Waals surface area contributed by atoms with Crippen molar-refractivity contribution < 1.29 is 36.2 Å². The highest BCUT2D eigenvalue weighted by Gasteiger charge is 2.37. The number of carboxylic acids is 1. The number of hydrogen-bond donors (Lipinski definition) is 1. The summed E-state index contributed by atoms with van der Waals surface area (Å²) in [5.74, 6) is -0.140. The Kier molecular flexibility index (Phi) is 9.83. The highest BCUT2D eigenvalue weighted by Crippen LogP contribution is 2.38. The Morgan fingerprint density at radius 3 is 2.04 bits per heavy atom. The van der Waals surface area contributed by atoms with Gasteiger partial charge in [-0.1, -0.05) is 11.2 Å². The molecule has 0 amide bonds. The molecule has 0 saturated heterocycles. The Balaban J connectivity index is 1.47. The van der Waals surface area contributed by atoms with Gasteiger partial charge < -0.3 is 14.9 Å². The lowest BCUT2D eigenvalue weighted by atomic mass is 9.80. The number of carbonyl (C=O) groups is 1. The van der Waals surface area contributed by atoms with Gasteiger partial charge in [0.05, 0.1) is 18.2 Å². The number of carboxylic acid groups (broad SMARTS) is 1. The first kappa shape index (κ1) is 33.5. The van der Waals surface area contributed by atoms with Gasteiger partial charge >= 0.3 is 18.3 Å². The average Bonchev–Trinajstić information content (AvgIpc) is 3.63. The number of tetrazole rings is 1. The first-order chi connectivity index (χ1) is 21.7. The summed E-state index contributed by atoms with van der Waals surface area (Å²) in [6, 6.07) is 5.87. The smallest absolute Gasteiger partial charge is 0.416 e. The Hall–Kier alpha value is -3.84. The van der Waals surface area contributed by atoms with Crippen molar-refractivity contribution in [2.45, 2.75) is 83.7 Å². The minimum absolute atomic E-state index is 0.0831. The molecule has 2 aromatic carbocycles. The van der Waals surface area contributed by atoms with Crippen molar-refractivity contribution in [1.82, 2.24) is 20.2 Å². The van der Waals surface area contributed by atoms with Gasteiger partial charge in [0.25, 0.3) is 5.95 Å². The van der Waals surface area contributed by atoms with Crippen LogP contribution in [0.25, 0.3) is 0 Å². The number of alkyl halides is 6. The quantitative estimate of drug-likeness (QED) is 0.222. The second kappa shape index (κ2) is 13.5. The molecule has 0 atom stereocenters. The normalized spacial score (nSPS) is 18.4.